The highest BCUT2D eigenvalue weighted by Gasteiger charge is 2.32. The molecule has 1 saturated heterocycles. The van der Waals surface area contributed by atoms with Crippen LogP contribution < -0.4 is 4.72 Å². The van der Waals surface area contributed by atoms with Crippen molar-refractivity contribution >= 4 is 21.6 Å². The molecule has 4 rings (SSSR count). The highest BCUT2D eigenvalue weighted by Crippen LogP contribution is 2.30. The Labute approximate surface area is 182 Å². The van der Waals surface area contributed by atoms with Crippen molar-refractivity contribution in [3.8, 4) is 0 Å². The van der Waals surface area contributed by atoms with Crippen molar-refractivity contribution in [3.63, 3.8) is 0 Å². The molecule has 0 unspecified atom stereocenters. The molecule has 0 aliphatic carbocycles. The van der Waals surface area contributed by atoms with E-state index in [1.54, 1.807) is 0 Å². The summed E-state index contributed by atoms with van der Waals surface area (Å²) in [6, 6.07) is 9.00. The Kier molecular flexibility index (Phi) is 5.91. The predicted octanol–water partition coefficient (Wildman–Crippen LogP) is 2.43. The van der Waals surface area contributed by atoms with Gasteiger partial charge in [-0.2, -0.15) is 13.2 Å². The van der Waals surface area contributed by atoms with Crippen molar-refractivity contribution < 1.29 is 26.4 Å². The van der Waals surface area contributed by atoms with E-state index >= 15 is 0 Å². The van der Waals surface area contributed by atoms with Gasteiger partial charge in [0.2, 0.25) is 15.9 Å². The van der Waals surface area contributed by atoms with Gasteiger partial charge in [-0.05, 0) is 43.2 Å². The molecular formula is C20H20F3N5O3S. The van der Waals surface area contributed by atoms with Crippen LogP contribution in [0.3, 0.4) is 0 Å². The number of benzene rings is 1. The number of alkyl halides is 3. The van der Waals surface area contributed by atoms with Gasteiger partial charge in [-0.25, -0.2) is 13.1 Å². The van der Waals surface area contributed by atoms with Crippen molar-refractivity contribution in [2.75, 3.05) is 19.6 Å². The molecule has 170 valence electrons. The lowest BCUT2D eigenvalue weighted by atomic mass is 9.96. The summed E-state index contributed by atoms with van der Waals surface area (Å²) in [5.41, 5.74) is -0.334. The second kappa shape index (κ2) is 8.51. The zero-order chi connectivity index (χ0) is 22.9. The van der Waals surface area contributed by atoms with Gasteiger partial charge in [0.15, 0.2) is 5.65 Å². The molecule has 1 fully saturated rings. The third kappa shape index (κ3) is 4.60. The number of halogens is 3. The molecule has 2 aromatic heterocycles. The summed E-state index contributed by atoms with van der Waals surface area (Å²) in [6.45, 7) is 0.296. The van der Waals surface area contributed by atoms with E-state index in [9.17, 15) is 26.4 Å². The van der Waals surface area contributed by atoms with Gasteiger partial charge in [0.05, 0.1) is 17.0 Å². The van der Waals surface area contributed by atoms with Gasteiger partial charge in [-0.3, -0.25) is 9.20 Å². The minimum Gasteiger partial charge on any atom is -0.342 e. The molecule has 1 amide bonds. The van der Waals surface area contributed by atoms with Crippen molar-refractivity contribution in [1.29, 1.82) is 0 Å². The second-order valence-corrected chi connectivity index (χ2v) is 9.26. The molecule has 1 aromatic carbocycles. The van der Waals surface area contributed by atoms with Crippen LogP contribution in [0.15, 0.2) is 53.6 Å². The molecule has 32 heavy (non-hydrogen) atoms. The Hall–Kier alpha value is -2.99. The maximum atomic E-state index is 12.8. The Morgan fingerprint density at radius 3 is 2.56 bits per heavy atom. The number of nitrogens with zero attached hydrogens (tertiary/aromatic N) is 4. The number of sulfonamides is 1. The van der Waals surface area contributed by atoms with Crippen molar-refractivity contribution in [2.45, 2.75) is 29.8 Å². The number of aromatic nitrogens is 3. The normalized spacial score (nSPS) is 15.9. The summed E-state index contributed by atoms with van der Waals surface area (Å²) in [6.07, 6.45) is -1.50. The molecule has 1 N–H and O–H groups in total. The first kappa shape index (κ1) is 22.2. The minimum absolute atomic E-state index is 0.109. The third-order valence-corrected chi connectivity index (χ3v) is 6.84. The molecule has 3 heterocycles. The average Bonchev–Trinajstić information content (AvgIpc) is 3.21. The van der Waals surface area contributed by atoms with Crippen LogP contribution in [0.4, 0.5) is 13.2 Å². The number of amides is 1. The first-order chi connectivity index (χ1) is 15.1. The third-order valence-electron chi connectivity index (χ3n) is 5.44. The fraction of sp³-hybridized carbons (Fsp3) is 0.350. The average molecular weight is 467 g/mol. The molecule has 0 saturated carbocycles. The van der Waals surface area contributed by atoms with Gasteiger partial charge in [-0.1, -0.05) is 12.1 Å². The quantitative estimate of drug-likeness (QED) is 0.622. The van der Waals surface area contributed by atoms with Crippen LogP contribution in [0, 0.1) is 0 Å². The Morgan fingerprint density at radius 2 is 1.84 bits per heavy atom. The molecule has 0 spiro atoms. The van der Waals surface area contributed by atoms with Crippen molar-refractivity contribution in [2.24, 2.45) is 0 Å². The summed E-state index contributed by atoms with van der Waals surface area (Å²) in [4.78, 5) is 13.5. The lowest BCUT2D eigenvalue weighted by Gasteiger charge is -2.31. The molecule has 0 bridgehead atoms. The largest absolute Gasteiger partial charge is 0.416 e. The molecule has 8 nitrogen and oxygen atoms in total. The van der Waals surface area contributed by atoms with Crippen LogP contribution in [-0.4, -0.2) is 53.5 Å². The van der Waals surface area contributed by atoms with Gasteiger partial charge in [-0.15, -0.1) is 10.2 Å². The Morgan fingerprint density at radius 1 is 1.09 bits per heavy atom. The van der Waals surface area contributed by atoms with E-state index in [0.717, 1.165) is 29.7 Å². The minimum atomic E-state index is -4.67. The summed E-state index contributed by atoms with van der Waals surface area (Å²) < 4.78 is 67.3. The first-order valence-electron chi connectivity index (χ1n) is 9.89. The molecule has 0 radical (unpaired) electrons. The predicted molar refractivity (Wildman–Crippen MR) is 108 cm³/mol. The molecule has 0 atom stereocenters. The summed E-state index contributed by atoms with van der Waals surface area (Å²) in [5.74, 6) is 0.487. The van der Waals surface area contributed by atoms with E-state index in [4.69, 9.17) is 0 Å². The van der Waals surface area contributed by atoms with Crippen LogP contribution in [0.25, 0.3) is 5.65 Å². The number of carbonyl (C=O) groups excluding carboxylic acids is 1. The van der Waals surface area contributed by atoms with Crippen molar-refractivity contribution in [3.05, 3.63) is 60.0 Å². The highest BCUT2D eigenvalue weighted by atomic mass is 32.2. The van der Waals surface area contributed by atoms with Gasteiger partial charge in [0.1, 0.15) is 5.82 Å². The summed E-state index contributed by atoms with van der Waals surface area (Å²) >= 11 is 0. The fourth-order valence-corrected chi connectivity index (χ4v) is 4.74. The fourth-order valence-electron chi connectivity index (χ4n) is 3.72. The number of hydrogen-bond donors (Lipinski definition) is 1. The van der Waals surface area contributed by atoms with Crippen LogP contribution in [0.5, 0.6) is 0 Å². The van der Waals surface area contributed by atoms with E-state index in [0.29, 0.717) is 32.0 Å². The topological polar surface area (TPSA) is 96.7 Å². The summed E-state index contributed by atoms with van der Waals surface area (Å²) in [7, 11) is -4.27. The zero-order valence-corrected chi connectivity index (χ0v) is 17.6. The van der Waals surface area contributed by atoms with E-state index in [1.165, 1.54) is 4.90 Å². The number of piperidine rings is 1. The Balaban J connectivity index is 1.35. The molecule has 1 aliphatic rings. The van der Waals surface area contributed by atoms with Crippen molar-refractivity contribution in [1.82, 2.24) is 24.2 Å². The van der Waals surface area contributed by atoms with E-state index < -0.39 is 39.1 Å². The van der Waals surface area contributed by atoms with E-state index in [2.05, 4.69) is 14.9 Å². The number of nitrogens with one attached hydrogen (secondary N) is 1. The number of pyridine rings is 1. The Bertz CT molecular complexity index is 1230. The van der Waals surface area contributed by atoms with Gasteiger partial charge >= 0.3 is 6.18 Å². The van der Waals surface area contributed by atoms with Gasteiger partial charge < -0.3 is 4.90 Å². The van der Waals surface area contributed by atoms with Gasteiger partial charge in [0.25, 0.3) is 0 Å². The molecular weight excluding hydrogens is 447 g/mol. The van der Waals surface area contributed by atoms with Crippen LogP contribution in [-0.2, 0) is 21.0 Å². The SMILES string of the molecule is O=C(CNS(=O)(=O)c1cccc(C(F)(F)F)c1)N1CCC(c2nnc3ccccn23)CC1. The number of hydrogen-bond acceptors (Lipinski definition) is 5. The molecule has 1 aliphatic heterocycles. The van der Waals surface area contributed by atoms with E-state index in [1.807, 2.05) is 28.8 Å². The smallest absolute Gasteiger partial charge is 0.342 e. The monoisotopic (exact) mass is 467 g/mol. The number of likely N-dealkylation sites (tertiary alicyclic amines) is 1. The maximum Gasteiger partial charge on any atom is 0.416 e. The molecule has 3 aromatic rings. The first-order valence-corrected chi connectivity index (χ1v) is 11.4. The number of fused-ring (bicyclic) bond motifs is 1. The standard InChI is InChI=1S/C20H20F3N5O3S/c21-20(22,23)15-4-3-5-16(12-15)32(30,31)24-13-18(29)27-10-7-14(8-11-27)19-26-25-17-6-1-2-9-28(17)19/h1-6,9,12,14,24H,7-8,10-11,13H2. The number of carbonyl (C=O) groups is 1. The molecule has 12 heteroatoms. The van der Waals surface area contributed by atoms with Crippen LogP contribution in [0.2, 0.25) is 0 Å². The van der Waals surface area contributed by atoms with Gasteiger partial charge in [0, 0.05) is 25.2 Å². The lowest BCUT2D eigenvalue weighted by molar-refractivity contribution is -0.137. The highest BCUT2D eigenvalue weighted by molar-refractivity contribution is 7.89. The van der Waals surface area contributed by atoms with E-state index in [-0.39, 0.29) is 5.92 Å². The second-order valence-electron chi connectivity index (χ2n) is 7.49. The number of rotatable bonds is 5. The zero-order valence-electron chi connectivity index (χ0n) is 16.8. The van der Waals surface area contributed by atoms with Crippen LogP contribution >= 0.6 is 0 Å². The maximum absolute atomic E-state index is 12.8. The lowest BCUT2D eigenvalue weighted by Crippen LogP contribution is -2.43. The van der Waals surface area contributed by atoms with Crippen LogP contribution in [0.1, 0.15) is 30.1 Å². The summed E-state index contributed by atoms with van der Waals surface area (Å²) in [5, 5.41) is 8.39.